The van der Waals surface area contributed by atoms with E-state index in [0.717, 1.165) is 48.6 Å². The number of carbonyl (C=O) groups excluding carboxylic acids is 1. The number of carbonyl (C=O) groups is 1. The number of hydrogen-bond donors (Lipinski definition) is 1. The van der Waals surface area contributed by atoms with E-state index in [0.29, 0.717) is 0 Å². The molecule has 0 radical (unpaired) electrons. The van der Waals surface area contributed by atoms with Crippen LogP contribution in [0, 0.1) is 0 Å². The molecule has 3 aromatic rings. The van der Waals surface area contributed by atoms with Gasteiger partial charge in [0.2, 0.25) is 5.95 Å². The molecule has 1 saturated heterocycles. The van der Waals surface area contributed by atoms with Crippen molar-refractivity contribution in [1.29, 1.82) is 0 Å². The molecule has 4 rings (SSSR count). The molecule has 128 valence electrons. The molecule has 1 aliphatic heterocycles. The molecule has 0 bridgehead atoms. The number of benzene rings is 1. The Morgan fingerprint density at radius 2 is 1.80 bits per heavy atom. The number of para-hydroxylation sites is 1. The molecule has 1 atom stereocenters. The van der Waals surface area contributed by atoms with Gasteiger partial charge in [0.1, 0.15) is 0 Å². The minimum Gasteiger partial charge on any atom is -0.360 e. The van der Waals surface area contributed by atoms with E-state index in [9.17, 15) is 4.79 Å². The number of aromatic nitrogens is 3. The molecule has 25 heavy (non-hydrogen) atoms. The van der Waals surface area contributed by atoms with Gasteiger partial charge in [-0.05, 0) is 19.1 Å². The number of fused-ring (bicyclic) bond motifs is 1. The minimum atomic E-state index is -0.141. The maximum Gasteiger partial charge on any atom is 0.225 e. The van der Waals surface area contributed by atoms with Gasteiger partial charge in [0.15, 0.2) is 5.78 Å². The van der Waals surface area contributed by atoms with Crippen LogP contribution in [-0.4, -0.2) is 57.9 Å². The number of nitrogens with zero attached hydrogens (tertiary/aromatic N) is 4. The predicted octanol–water partition coefficient (Wildman–Crippen LogP) is 2.35. The molecule has 1 aromatic carbocycles. The van der Waals surface area contributed by atoms with E-state index in [1.54, 1.807) is 12.4 Å². The first kappa shape index (κ1) is 15.8. The molecule has 0 spiro atoms. The molecular formula is C19H21N5O. The first-order valence-electron chi connectivity index (χ1n) is 8.60. The Morgan fingerprint density at radius 1 is 1.08 bits per heavy atom. The summed E-state index contributed by atoms with van der Waals surface area (Å²) in [7, 11) is 0. The topological polar surface area (TPSA) is 65.1 Å². The van der Waals surface area contributed by atoms with E-state index in [1.807, 2.05) is 43.5 Å². The lowest BCUT2D eigenvalue weighted by atomic mass is 10.0. The summed E-state index contributed by atoms with van der Waals surface area (Å²) in [6.45, 7) is 5.31. The van der Waals surface area contributed by atoms with Gasteiger partial charge in [-0.3, -0.25) is 9.69 Å². The average molecular weight is 335 g/mol. The third kappa shape index (κ3) is 3.00. The maximum absolute atomic E-state index is 13.0. The first-order valence-corrected chi connectivity index (χ1v) is 8.60. The standard InChI is InChI=1S/C19H21N5O/c1-14(18(25)16-13-22-17-6-3-2-5-15(16)17)23-9-11-24(12-10-23)19-20-7-4-8-21-19/h2-8,13-14,22H,9-12H2,1H3/t14-/m1/s1. The van der Waals surface area contributed by atoms with Gasteiger partial charge in [-0.15, -0.1) is 0 Å². The Balaban J connectivity index is 1.45. The van der Waals surface area contributed by atoms with Crippen molar-refractivity contribution >= 4 is 22.6 Å². The second-order valence-corrected chi connectivity index (χ2v) is 6.36. The maximum atomic E-state index is 13.0. The van der Waals surface area contributed by atoms with Crippen molar-refractivity contribution in [3.63, 3.8) is 0 Å². The van der Waals surface area contributed by atoms with Crippen molar-refractivity contribution in [2.75, 3.05) is 31.1 Å². The van der Waals surface area contributed by atoms with Gasteiger partial charge in [0.05, 0.1) is 6.04 Å². The van der Waals surface area contributed by atoms with Crippen molar-refractivity contribution in [3.8, 4) is 0 Å². The Labute approximate surface area is 146 Å². The number of hydrogen-bond acceptors (Lipinski definition) is 5. The average Bonchev–Trinajstić information content (AvgIpc) is 3.12. The highest BCUT2D eigenvalue weighted by Crippen LogP contribution is 2.21. The summed E-state index contributed by atoms with van der Waals surface area (Å²) in [5.41, 5.74) is 1.78. The molecule has 6 heteroatoms. The molecule has 3 heterocycles. The van der Waals surface area contributed by atoms with Crippen molar-refractivity contribution in [3.05, 3.63) is 54.5 Å². The molecule has 0 amide bonds. The lowest BCUT2D eigenvalue weighted by molar-refractivity contribution is 0.0831. The largest absolute Gasteiger partial charge is 0.360 e. The number of anilines is 1. The second kappa shape index (κ2) is 6.64. The quantitative estimate of drug-likeness (QED) is 0.742. The van der Waals surface area contributed by atoms with Crippen LogP contribution in [0.1, 0.15) is 17.3 Å². The smallest absolute Gasteiger partial charge is 0.225 e. The van der Waals surface area contributed by atoms with E-state index in [1.165, 1.54) is 0 Å². The zero-order valence-corrected chi connectivity index (χ0v) is 14.2. The van der Waals surface area contributed by atoms with Gasteiger partial charge in [0.25, 0.3) is 0 Å². The lowest BCUT2D eigenvalue weighted by Crippen LogP contribution is -2.52. The summed E-state index contributed by atoms with van der Waals surface area (Å²) in [5, 5.41) is 0.996. The van der Waals surface area contributed by atoms with Gasteiger partial charge in [-0.2, -0.15) is 0 Å². The van der Waals surface area contributed by atoms with Crippen LogP contribution in [0.3, 0.4) is 0 Å². The van der Waals surface area contributed by atoms with Gasteiger partial charge in [-0.1, -0.05) is 18.2 Å². The van der Waals surface area contributed by atoms with Crippen molar-refractivity contribution in [1.82, 2.24) is 19.9 Å². The van der Waals surface area contributed by atoms with Gasteiger partial charge >= 0.3 is 0 Å². The second-order valence-electron chi connectivity index (χ2n) is 6.36. The lowest BCUT2D eigenvalue weighted by Gasteiger charge is -2.37. The number of H-pyrrole nitrogens is 1. The molecule has 0 aliphatic carbocycles. The van der Waals surface area contributed by atoms with Crippen LogP contribution in [0.4, 0.5) is 5.95 Å². The Hall–Kier alpha value is -2.73. The third-order valence-corrected chi connectivity index (χ3v) is 4.93. The van der Waals surface area contributed by atoms with Crippen LogP contribution in [0.15, 0.2) is 48.9 Å². The summed E-state index contributed by atoms with van der Waals surface area (Å²) in [4.78, 5) is 29.2. The van der Waals surface area contributed by atoms with E-state index in [-0.39, 0.29) is 11.8 Å². The van der Waals surface area contributed by atoms with Crippen LogP contribution >= 0.6 is 0 Å². The van der Waals surface area contributed by atoms with Crippen LogP contribution in [0.5, 0.6) is 0 Å². The highest BCUT2D eigenvalue weighted by atomic mass is 16.1. The van der Waals surface area contributed by atoms with Crippen LogP contribution in [0.2, 0.25) is 0 Å². The molecule has 6 nitrogen and oxygen atoms in total. The number of piperazine rings is 1. The van der Waals surface area contributed by atoms with E-state index >= 15 is 0 Å². The predicted molar refractivity (Wildman–Crippen MR) is 97.9 cm³/mol. The molecule has 0 unspecified atom stereocenters. The fraction of sp³-hybridized carbons (Fsp3) is 0.316. The first-order chi connectivity index (χ1) is 12.2. The van der Waals surface area contributed by atoms with Crippen LogP contribution in [0.25, 0.3) is 10.9 Å². The molecular weight excluding hydrogens is 314 g/mol. The highest BCUT2D eigenvalue weighted by Gasteiger charge is 2.28. The third-order valence-electron chi connectivity index (χ3n) is 4.93. The van der Waals surface area contributed by atoms with E-state index in [4.69, 9.17) is 0 Å². The van der Waals surface area contributed by atoms with Crippen molar-refractivity contribution < 1.29 is 4.79 Å². The normalized spacial score (nSPS) is 16.9. The van der Waals surface area contributed by atoms with E-state index in [2.05, 4.69) is 24.8 Å². The van der Waals surface area contributed by atoms with Crippen molar-refractivity contribution in [2.24, 2.45) is 0 Å². The van der Waals surface area contributed by atoms with Crippen LogP contribution < -0.4 is 4.90 Å². The monoisotopic (exact) mass is 335 g/mol. The summed E-state index contributed by atoms with van der Waals surface area (Å²) in [6, 6.07) is 9.61. The Kier molecular flexibility index (Phi) is 4.19. The van der Waals surface area contributed by atoms with Crippen LogP contribution in [-0.2, 0) is 0 Å². The minimum absolute atomic E-state index is 0.141. The number of ketones is 1. The van der Waals surface area contributed by atoms with Gasteiger partial charge in [-0.25, -0.2) is 9.97 Å². The Morgan fingerprint density at radius 3 is 2.56 bits per heavy atom. The fourth-order valence-electron chi connectivity index (χ4n) is 3.43. The summed E-state index contributed by atoms with van der Waals surface area (Å²) >= 11 is 0. The fourth-order valence-corrected chi connectivity index (χ4v) is 3.43. The zero-order valence-electron chi connectivity index (χ0n) is 14.2. The number of aromatic amines is 1. The van der Waals surface area contributed by atoms with Gasteiger partial charge < -0.3 is 9.88 Å². The summed E-state index contributed by atoms with van der Waals surface area (Å²) in [5.74, 6) is 0.930. The molecule has 1 N–H and O–H groups in total. The van der Waals surface area contributed by atoms with Crippen molar-refractivity contribution in [2.45, 2.75) is 13.0 Å². The summed E-state index contributed by atoms with van der Waals surface area (Å²) < 4.78 is 0. The zero-order chi connectivity index (χ0) is 17.2. The Bertz CT molecular complexity index is 868. The molecule has 1 fully saturated rings. The highest BCUT2D eigenvalue weighted by molar-refractivity contribution is 6.10. The number of Topliss-reactive ketones (excluding diaryl/α,β-unsaturated/α-hetero) is 1. The number of nitrogens with one attached hydrogen (secondary N) is 1. The number of rotatable bonds is 4. The molecule has 2 aromatic heterocycles. The molecule has 1 aliphatic rings. The SMILES string of the molecule is C[C@H](C(=O)c1c[nH]c2ccccc12)N1CCN(c2ncccn2)CC1. The van der Waals surface area contributed by atoms with E-state index < -0.39 is 0 Å². The van der Waals surface area contributed by atoms with Gasteiger partial charge in [0, 0.05) is 61.2 Å². The molecule has 0 saturated carbocycles. The summed E-state index contributed by atoms with van der Waals surface area (Å²) in [6.07, 6.45) is 5.35.